The minimum Gasteiger partial charge on any atom is -0.508 e. The predicted molar refractivity (Wildman–Crippen MR) is 75.8 cm³/mol. The van der Waals surface area contributed by atoms with Crippen LogP contribution in [-0.4, -0.2) is 11.7 Å². The van der Waals surface area contributed by atoms with Crippen LogP contribution in [0.2, 0.25) is 0 Å². The van der Waals surface area contributed by atoms with Crippen LogP contribution in [0.3, 0.4) is 0 Å². The number of fused-ring (bicyclic) bond motifs is 1. The molecule has 1 aromatic carbocycles. The van der Waals surface area contributed by atoms with Gasteiger partial charge >= 0.3 is 0 Å². The van der Waals surface area contributed by atoms with Crippen molar-refractivity contribution in [3.8, 4) is 5.75 Å². The van der Waals surface area contributed by atoms with Crippen molar-refractivity contribution in [2.45, 2.75) is 46.6 Å². The summed E-state index contributed by atoms with van der Waals surface area (Å²) in [5.41, 5.74) is 2.73. The first-order valence-electron chi connectivity index (χ1n) is 6.96. The number of nitrogens with one attached hydrogen (secondary N) is 1. The van der Waals surface area contributed by atoms with Crippen molar-refractivity contribution in [2.75, 3.05) is 6.54 Å². The molecule has 1 atom stereocenters. The molecule has 2 N–H and O–H groups in total. The van der Waals surface area contributed by atoms with E-state index >= 15 is 0 Å². The SMILES string of the molecule is CC(C)C(C)(C)CNC1CCc2c(O)cccc21. The van der Waals surface area contributed by atoms with Gasteiger partial charge in [0, 0.05) is 12.6 Å². The molecule has 2 heteroatoms. The van der Waals surface area contributed by atoms with Gasteiger partial charge in [-0.05, 0) is 41.4 Å². The van der Waals surface area contributed by atoms with E-state index in [0.717, 1.165) is 24.9 Å². The van der Waals surface area contributed by atoms with Crippen LogP contribution in [0.1, 0.15) is 51.3 Å². The summed E-state index contributed by atoms with van der Waals surface area (Å²) in [4.78, 5) is 0. The Labute approximate surface area is 110 Å². The molecule has 100 valence electrons. The van der Waals surface area contributed by atoms with Gasteiger partial charge in [0.15, 0.2) is 0 Å². The second-order valence-electron chi connectivity index (χ2n) is 6.46. The summed E-state index contributed by atoms with van der Waals surface area (Å²) in [5, 5.41) is 13.5. The topological polar surface area (TPSA) is 32.3 Å². The lowest BCUT2D eigenvalue weighted by atomic mass is 9.81. The molecule has 2 nitrogen and oxygen atoms in total. The molecule has 0 saturated carbocycles. The van der Waals surface area contributed by atoms with E-state index in [4.69, 9.17) is 0 Å². The monoisotopic (exact) mass is 247 g/mol. The van der Waals surface area contributed by atoms with Gasteiger partial charge in [0.05, 0.1) is 0 Å². The maximum atomic E-state index is 9.84. The number of rotatable bonds is 4. The number of aromatic hydroxyl groups is 1. The highest BCUT2D eigenvalue weighted by Gasteiger charge is 2.28. The predicted octanol–water partition coefficient (Wildman–Crippen LogP) is 3.65. The molecule has 0 radical (unpaired) electrons. The molecular weight excluding hydrogens is 222 g/mol. The van der Waals surface area contributed by atoms with Gasteiger partial charge in [-0.15, -0.1) is 0 Å². The molecule has 0 aromatic heterocycles. The fourth-order valence-electron chi connectivity index (χ4n) is 2.44. The highest BCUT2D eigenvalue weighted by molar-refractivity contribution is 5.44. The first-order valence-corrected chi connectivity index (χ1v) is 6.96. The summed E-state index contributed by atoms with van der Waals surface area (Å²) in [6.45, 7) is 10.2. The number of phenolic OH excluding ortho intramolecular Hbond substituents is 1. The minimum absolute atomic E-state index is 0.305. The molecular formula is C16H25NO. The van der Waals surface area contributed by atoms with Gasteiger partial charge in [-0.1, -0.05) is 39.8 Å². The van der Waals surface area contributed by atoms with Crippen molar-refractivity contribution in [2.24, 2.45) is 11.3 Å². The van der Waals surface area contributed by atoms with Crippen LogP contribution in [0.5, 0.6) is 5.75 Å². The quantitative estimate of drug-likeness (QED) is 0.851. The molecule has 2 rings (SSSR count). The summed E-state index contributed by atoms with van der Waals surface area (Å²) in [6, 6.07) is 6.29. The third kappa shape index (κ3) is 2.54. The first kappa shape index (κ1) is 13.4. The van der Waals surface area contributed by atoms with Crippen molar-refractivity contribution >= 4 is 0 Å². The van der Waals surface area contributed by atoms with Gasteiger partial charge in [-0.3, -0.25) is 0 Å². The van der Waals surface area contributed by atoms with Crippen molar-refractivity contribution in [1.29, 1.82) is 0 Å². The van der Waals surface area contributed by atoms with Crippen molar-refractivity contribution in [3.63, 3.8) is 0 Å². The molecule has 0 saturated heterocycles. The zero-order valence-corrected chi connectivity index (χ0v) is 12.0. The largest absolute Gasteiger partial charge is 0.508 e. The standard InChI is InChI=1S/C16H25NO/c1-11(2)16(3,4)10-17-14-9-8-13-12(14)6-5-7-15(13)18/h5-7,11,14,17-18H,8-10H2,1-4H3. The van der Waals surface area contributed by atoms with E-state index in [2.05, 4.69) is 39.1 Å². The highest BCUT2D eigenvalue weighted by atomic mass is 16.3. The van der Waals surface area contributed by atoms with Gasteiger partial charge in [-0.25, -0.2) is 0 Å². The minimum atomic E-state index is 0.305. The van der Waals surface area contributed by atoms with Crippen LogP contribution < -0.4 is 5.32 Å². The summed E-state index contributed by atoms with van der Waals surface area (Å²) in [5.74, 6) is 1.12. The fourth-order valence-corrected chi connectivity index (χ4v) is 2.44. The van der Waals surface area contributed by atoms with Crippen LogP contribution in [0, 0.1) is 11.3 Å². The van der Waals surface area contributed by atoms with E-state index in [9.17, 15) is 5.11 Å². The zero-order valence-electron chi connectivity index (χ0n) is 12.0. The maximum absolute atomic E-state index is 9.84. The average Bonchev–Trinajstić information content (AvgIpc) is 2.71. The Balaban J connectivity index is 2.05. The molecule has 1 aromatic rings. The second-order valence-corrected chi connectivity index (χ2v) is 6.46. The van der Waals surface area contributed by atoms with E-state index in [0.29, 0.717) is 23.1 Å². The van der Waals surface area contributed by atoms with Crippen LogP contribution in [0.15, 0.2) is 18.2 Å². The third-order valence-corrected chi connectivity index (χ3v) is 4.61. The molecule has 0 heterocycles. The molecule has 0 bridgehead atoms. The summed E-state index contributed by atoms with van der Waals surface area (Å²) >= 11 is 0. The molecule has 0 fully saturated rings. The van der Waals surface area contributed by atoms with Gasteiger partial charge < -0.3 is 10.4 Å². The van der Waals surface area contributed by atoms with Crippen molar-refractivity contribution in [3.05, 3.63) is 29.3 Å². The van der Waals surface area contributed by atoms with Crippen LogP contribution >= 0.6 is 0 Å². The fraction of sp³-hybridized carbons (Fsp3) is 0.625. The van der Waals surface area contributed by atoms with E-state index in [1.54, 1.807) is 6.07 Å². The lowest BCUT2D eigenvalue weighted by Gasteiger charge is -2.31. The van der Waals surface area contributed by atoms with E-state index < -0.39 is 0 Å². The summed E-state index contributed by atoms with van der Waals surface area (Å²) in [7, 11) is 0. The van der Waals surface area contributed by atoms with E-state index in [1.807, 2.05) is 6.07 Å². The Kier molecular flexibility index (Phi) is 3.67. The van der Waals surface area contributed by atoms with E-state index in [1.165, 1.54) is 5.56 Å². The second kappa shape index (κ2) is 4.93. The van der Waals surface area contributed by atoms with Gasteiger partial charge in [0.1, 0.15) is 5.75 Å². The number of phenols is 1. The lowest BCUT2D eigenvalue weighted by Crippen LogP contribution is -2.35. The molecule has 1 aliphatic carbocycles. The van der Waals surface area contributed by atoms with Crippen molar-refractivity contribution < 1.29 is 5.11 Å². The zero-order chi connectivity index (χ0) is 13.3. The average molecular weight is 247 g/mol. The number of benzene rings is 1. The molecule has 0 aliphatic heterocycles. The van der Waals surface area contributed by atoms with Crippen LogP contribution in [0.25, 0.3) is 0 Å². The highest BCUT2D eigenvalue weighted by Crippen LogP contribution is 2.37. The molecule has 0 amide bonds. The Hall–Kier alpha value is -1.02. The first-order chi connectivity index (χ1) is 8.42. The van der Waals surface area contributed by atoms with Gasteiger partial charge in [0.2, 0.25) is 0 Å². The molecule has 0 spiro atoms. The van der Waals surface area contributed by atoms with E-state index in [-0.39, 0.29) is 0 Å². The lowest BCUT2D eigenvalue weighted by molar-refractivity contribution is 0.228. The number of hydrogen-bond acceptors (Lipinski definition) is 2. The Morgan fingerprint density at radius 2 is 2.11 bits per heavy atom. The van der Waals surface area contributed by atoms with Crippen LogP contribution in [0.4, 0.5) is 0 Å². The summed E-state index contributed by atoms with van der Waals surface area (Å²) in [6.07, 6.45) is 2.09. The Morgan fingerprint density at radius 3 is 2.78 bits per heavy atom. The number of hydrogen-bond donors (Lipinski definition) is 2. The summed E-state index contributed by atoms with van der Waals surface area (Å²) < 4.78 is 0. The third-order valence-electron chi connectivity index (χ3n) is 4.61. The smallest absolute Gasteiger partial charge is 0.119 e. The normalized spacial score (nSPS) is 19.3. The maximum Gasteiger partial charge on any atom is 0.119 e. The van der Waals surface area contributed by atoms with Gasteiger partial charge in [0.25, 0.3) is 0 Å². The van der Waals surface area contributed by atoms with Crippen molar-refractivity contribution in [1.82, 2.24) is 5.32 Å². The molecule has 18 heavy (non-hydrogen) atoms. The van der Waals surface area contributed by atoms with Crippen LogP contribution in [-0.2, 0) is 6.42 Å². The Bertz CT molecular complexity index is 423. The molecule has 1 unspecified atom stereocenters. The van der Waals surface area contributed by atoms with Gasteiger partial charge in [-0.2, -0.15) is 0 Å². The Morgan fingerprint density at radius 1 is 1.39 bits per heavy atom. The molecule has 1 aliphatic rings.